The lowest BCUT2D eigenvalue weighted by atomic mass is 9.91. The average molecular weight is 622 g/mol. The van der Waals surface area contributed by atoms with E-state index in [1.807, 2.05) is 84.9 Å². The Labute approximate surface area is 266 Å². The second kappa shape index (κ2) is 14.2. The molecule has 0 unspecified atom stereocenters. The van der Waals surface area contributed by atoms with E-state index in [-0.39, 0.29) is 30.6 Å². The molecule has 5 aromatic rings. The normalized spacial score (nSPS) is 19.7. The molecular formula is C35H35N5O4S. The van der Waals surface area contributed by atoms with Crippen molar-refractivity contribution in [2.24, 2.45) is 5.92 Å². The summed E-state index contributed by atoms with van der Waals surface area (Å²) >= 11 is 1.55. The maximum absolute atomic E-state index is 11.5. The van der Waals surface area contributed by atoms with Crippen LogP contribution in [-0.4, -0.2) is 43.1 Å². The van der Waals surface area contributed by atoms with Crippen LogP contribution in [0.15, 0.2) is 108 Å². The molecule has 45 heavy (non-hydrogen) atoms. The third-order valence-corrected chi connectivity index (χ3v) is 8.99. The van der Waals surface area contributed by atoms with Crippen molar-refractivity contribution in [3.05, 3.63) is 125 Å². The summed E-state index contributed by atoms with van der Waals surface area (Å²) < 4.78 is 15.0. The molecule has 1 aliphatic heterocycles. The fourth-order valence-electron chi connectivity index (χ4n) is 5.46. The number of tetrazole rings is 1. The Bertz CT molecular complexity index is 1710. The number of carbonyl (C=O) groups excluding carboxylic acids is 1. The number of amides is 1. The maximum atomic E-state index is 11.5. The zero-order valence-electron chi connectivity index (χ0n) is 25.1. The van der Waals surface area contributed by atoms with Gasteiger partial charge in [0.15, 0.2) is 6.29 Å². The minimum absolute atomic E-state index is 0.0111. The molecule has 10 heteroatoms. The molecule has 0 radical (unpaired) electrons. The first-order valence-corrected chi connectivity index (χ1v) is 15.9. The summed E-state index contributed by atoms with van der Waals surface area (Å²) in [6, 6.07) is 34.0. The number of rotatable bonds is 10. The van der Waals surface area contributed by atoms with E-state index in [4.69, 9.17) is 9.47 Å². The minimum atomic E-state index is -0.594. The van der Waals surface area contributed by atoms with Crippen molar-refractivity contribution >= 4 is 17.7 Å². The van der Waals surface area contributed by atoms with Crippen LogP contribution in [0.5, 0.6) is 0 Å². The summed E-state index contributed by atoms with van der Waals surface area (Å²) in [7, 11) is 0. The van der Waals surface area contributed by atoms with Crippen LogP contribution in [0.25, 0.3) is 16.8 Å². The Balaban J connectivity index is 1.25. The molecule has 1 saturated heterocycles. The van der Waals surface area contributed by atoms with E-state index < -0.39 is 6.29 Å². The lowest BCUT2D eigenvalue weighted by Crippen LogP contribution is -2.38. The predicted molar refractivity (Wildman–Crippen MR) is 172 cm³/mol. The van der Waals surface area contributed by atoms with E-state index in [0.717, 1.165) is 39.1 Å². The van der Waals surface area contributed by atoms with E-state index in [2.05, 4.69) is 46.0 Å². The van der Waals surface area contributed by atoms with Gasteiger partial charge in [0.05, 0.1) is 24.5 Å². The topological polar surface area (TPSA) is 111 Å². The highest BCUT2D eigenvalue weighted by Gasteiger charge is 2.38. The van der Waals surface area contributed by atoms with Gasteiger partial charge in [0.1, 0.15) is 0 Å². The molecule has 0 saturated carbocycles. The number of para-hydroxylation sites is 1. The summed E-state index contributed by atoms with van der Waals surface area (Å²) in [5.41, 5.74) is 6.82. The van der Waals surface area contributed by atoms with Crippen molar-refractivity contribution in [1.29, 1.82) is 0 Å². The number of hydrogen-bond donors (Lipinski definition) is 2. The summed E-state index contributed by atoms with van der Waals surface area (Å²) in [6.45, 7) is 4.11. The monoisotopic (exact) mass is 621 g/mol. The molecular weight excluding hydrogens is 586 g/mol. The van der Waals surface area contributed by atoms with Crippen LogP contribution in [-0.2, 0) is 27.4 Å². The molecule has 9 nitrogen and oxygen atoms in total. The zero-order valence-corrected chi connectivity index (χ0v) is 25.9. The molecule has 1 fully saturated rings. The van der Waals surface area contributed by atoms with Gasteiger partial charge in [-0.2, -0.15) is 4.68 Å². The van der Waals surface area contributed by atoms with Gasteiger partial charge in [-0.15, -0.1) is 5.10 Å². The number of aliphatic hydroxyl groups is 1. The first-order chi connectivity index (χ1) is 22.0. The maximum Gasteiger partial charge on any atom is 0.217 e. The number of carbonyl (C=O) groups is 1. The van der Waals surface area contributed by atoms with Gasteiger partial charge in [-0.1, -0.05) is 110 Å². The molecule has 0 aliphatic carbocycles. The van der Waals surface area contributed by atoms with Gasteiger partial charge in [0, 0.05) is 30.7 Å². The van der Waals surface area contributed by atoms with Gasteiger partial charge >= 0.3 is 0 Å². The number of thioether (sulfide) groups is 1. The second-order valence-corrected chi connectivity index (χ2v) is 12.0. The van der Waals surface area contributed by atoms with Gasteiger partial charge in [0.2, 0.25) is 11.1 Å². The lowest BCUT2D eigenvalue weighted by Gasteiger charge is -2.41. The van der Waals surface area contributed by atoms with Crippen LogP contribution < -0.4 is 5.32 Å². The quantitative estimate of drug-likeness (QED) is 0.182. The van der Waals surface area contributed by atoms with Crippen LogP contribution in [0, 0.1) is 5.92 Å². The molecule has 1 amide bonds. The highest BCUT2D eigenvalue weighted by Crippen LogP contribution is 2.43. The summed E-state index contributed by atoms with van der Waals surface area (Å²) in [6.07, 6.45) is -0.997. The molecule has 4 atom stereocenters. The third kappa shape index (κ3) is 7.15. The predicted octanol–water partition coefficient (Wildman–Crippen LogP) is 6.04. The Morgan fingerprint density at radius 3 is 2.36 bits per heavy atom. The molecule has 1 aromatic heterocycles. The summed E-state index contributed by atoms with van der Waals surface area (Å²) in [5, 5.41) is 25.5. The molecule has 0 spiro atoms. The molecule has 1 aliphatic rings. The van der Waals surface area contributed by atoms with Crippen LogP contribution in [0.2, 0.25) is 0 Å². The van der Waals surface area contributed by atoms with E-state index in [1.165, 1.54) is 6.92 Å². The molecule has 6 rings (SSSR count). The van der Waals surface area contributed by atoms with Crippen molar-refractivity contribution in [3.8, 4) is 16.8 Å². The van der Waals surface area contributed by atoms with Crippen molar-refractivity contribution in [1.82, 2.24) is 25.5 Å². The number of hydrogen-bond acceptors (Lipinski definition) is 8. The highest BCUT2D eigenvalue weighted by atomic mass is 32.2. The van der Waals surface area contributed by atoms with E-state index in [9.17, 15) is 9.90 Å². The van der Waals surface area contributed by atoms with Crippen molar-refractivity contribution in [2.45, 2.75) is 50.7 Å². The van der Waals surface area contributed by atoms with Crippen molar-refractivity contribution < 1.29 is 19.4 Å². The molecule has 230 valence electrons. The molecule has 2 N–H and O–H groups in total. The van der Waals surface area contributed by atoms with Crippen LogP contribution in [0.1, 0.15) is 48.5 Å². The highest BCUT2D eigenvalue weighted by molar-refractivity contribution is 7.99. The second-order valence-electron chi connectivity index (χ2n) is 11.0. The largest absolute Gasteiger partial charge is 0.392 e. The number of aromatic nitrogens is 4. The Kier molecular flexibility index (Phi) is 9.66. The Morgan fingerprint density at radius 1 is 0.911 bits per heavy atom. The van der Waals surface area contributed by atoms with Crippen molar-refractivity contribution in [2.75, 3.05) is 5.75 Å². The average Bonchev–Trinajstić information content (AvgIpc) is 3.56. The van der Waals surface area contributed by atoms with Gasteiger partial charge in [-0.25, -0.2) is 0 Å². The van der Waals surface area contributed by atoms with Gasteiger partial charge in [0.25, 0.3) is 0 Å². The van der Waals surface area contributed by atoms with E-state index >= 15 is 0 Å². The molecule has 2 heterocycles. The fourth-order valence-corrected chi connectivity index (χ4v) is 6.52. The standard InChI is InChI=1S/C35H35N5O4S/c1-23-32(22-45-35-37-38-39-40(35)30-9-4-3-5-10-30)43-34(44-33(23)27-14-12-25(21-41)13-15-27)28-18-16-26(17-19-28)31-11-7-6-8-29(31)20-36-24(2)42/h3-19,23,32-34,41H,20-22H2,1-2H3,(H,36,42)/t23-,32+,33+,34+/m0/s1. The number of benzene rings is 4. The first-order valence-electron chi connectivity index (χ1n) is 14.9. The van der Waals surface area contributed by atoms with Gasteiger partial charge < -0.3 is 19.9 Å². The minimum Gasteiger partial charge on any atom is -0.392 e. The lowest BCUT2D eigenvalue weighted by molar-refractivity contribution is -0.268. The smallest absolute Gasteiger partial charge is 0.217 e. The number of nitrogens with one attached hydrogen (secondary N) is 1. The Morgan fingerprint density at radius 2 is 1.62 bits per heavy atom. The van der Waals surface area contributed by atoms with E-state index in [0.29, 0.717) is 17.5 Å². The fraction of sp³-hybridized carbons (Fsp3) is 0.257. The third-order valence-electron chi connectivity index (χ3n) is 7.98. The van der Waals surface area contributed by atoms with Crippen molar-refractivity contribution in [3.63, 3.8) is 0 Å². The molecule has 0 bridgehead atoms. The van der Waals surface area contributed by atoms with E-state index in [1.54, 1.807) is 16.4 Å². The van der Waals surface area contributed by atoms with Crippen LogP contribution in [0.3, 0.4) is 0 Å². The van der Waals surface area contributed by atoms with Crippen LogP contribution >= 0.6 is 11.8 Å². The summed E-state index contributed by atoms with van der Waals surface area (Å²) in [5.74, 6) is 0.578. The molecule has 4 aromatic carbocycles. The zero-order chi connectivity index (χ0) is 31.2. The number of nitrogens with zero attached hydrogens (tertiary/aromatic N) is 4. The SMILES string of the molecule is CC(=O)NCc1ccccc1-c1ccc([C@@H]2O[C@H](CSc3nnnn3-c3ccccc3)[C@H](C)[C@H](c3ccc(CO)cc3)O2)cc1. The Hall–Kier alpha value is -4.35. The summed E-state index contributed by atoms with van der Waals surface area (Å²) in [4.78, 5) is 11.5. The van der Waals surface area contributed by atoms with Gasteiger partial charge in [-0.3, -0.25) is 4.79 Å². The number of ether oxygens (including phenoxy) is 2. The van der Waals surface area contributed by atoms with Crippen LogP contribution in [0.4, 0.5) is 0 Å². The number of aliphatic hydroxyl groups excluding tert-OH is 1. The van der Waals surface area contributed by atoms with Gasteiger partial charge in [-0.05, 0) is 50.4 Å². The first kappa shape index (κ1) is 30.7.